The fraction of sp³-hybridized carbons (Fsp3) is 0.462. The number of alkyl halides is 2. The van der Waals surface area contributed by atoms with Crippen LogP contribution in [0.2, 0.25) is 0 Å². The number of hydrogen-bond acceptors (Lipinski definition) is 2. The minimum Gasteiger partial charge on any atom is -0.493 e. The van der Waals surface area contributed by atoms with E-state index in [9.17, 15) is 8.78 Å². The van der Waals surface area contributed by atoms with Crippen LogP contribution in [0.5, 0.6) is 11.5 Å². The van der Waals surface area contributed by atoms with Crippen LogP contribution < -0.4 is 9.47 Å². The maximum Gasteiger partial charge on any atom is 0.387 e. The highest BCUT2D eigenvalue weighted by molar-refractivity contribution is 5.43. The molecule has 0 aliphatic carbocycles. The number of benzene rings is 1. The molecule has 0 atom stereocenters. The molecule has 1 aromatic rings. The second kappa shape index (κ2) is 6.42. The Morgan fingerprint density at radius 2 is 1.82 bits per heavy atom. The first-order valence-electron chi connectivity index (χ1n) is 5.56. The molecule has 2 nitrogen and oxygen atoms in total. The van der Waals surface area contributed by atoms with Gasteiger partial charge in [-0.1, -0.05) is 20.8 Å². The van der Waals surface area contributed by atoms with Gasteiger partial charge >= 0.3 is 6.61 Å². The van der Waals surface area contributed by atoms with Gasteiger partial charge in [0.05, 0.1) is 6.61 Å². The van der Waals surface area contributed by atoms with E-state index in [-0.39, 0.29) is 5.75 Å². The molecular formula is C13H17F2O2. The van der Waals surface area contributed by atoms with Crippen molar-refractivity contribution >= 4 is 0 Å². The van der Waals surface area contributed by atoms with Gasteiger partial charge < -0.3 is 9.47 Å². The standard InChI is InChI=1S/C13H17F2O2/c1-4-5-16-11-6-10(9(2)3)7-12(8-11)17-13(14)15/h6-8,13H,4-5H2,1-3H3. The molecule has 4 heteroatoms. The Morgan fingerprint density at radius 3 is 2.35 bits per heavy atom. The van der Waals surface area contributed by atoms with Crippen molar-refractivity contribution in [1.82, 2.24) is 0 Å². The van der Waals surface area contributed by atoms with Gasteiger partial charge in [-0.3, -0.25) is 0 Å². The zero-order valence-corrected chi connectivity index (χ0v) is 10.3. The highest BCUT2D eigenvalue weighted by atomic mass is 19.3. The van der Waals surface area contributed by atoms with Crippen LogP contribution in [-0.2, 0) is 0 Å². The smallest absolute Gasteiger partial charge is 0.387 e. The zero-order valence-electron chi connectivity index (χ0n) is 10.3. The molecule has 0 aliphatic heterocycles. The van der Waals surface area contributed by atoms with E-state index in [0.29, 0.717) is 12.4 Å². The average molecular weight is 243 g/mol. The third kappa shape index (κ3) is 4.59. The first-order chi connectivity index (χ1) is 8.02. The lowest BCUT2D eigenvalue weighted by Crippen LogP contribution is -2.04. The molecule has 0 aliphatic rings. The van der Waals surface area contributed by atoms with Crippen molar-refractivity contribution in [3.05, 3.63) is 29.7 Å². The first kappa shape index (κ1) is 13.7. The molecule has 0 fully saturated rings. The number of halogens is 2. The largest absolute Gasteiger partial charge is 0.493 e. The number of hydrogen-bond donors (Lipinski definition) is 0. The van der Waals surface area contributed by atoms with E-state index in [1.165, 1.54) is 6.07 Å². The SMILES string of the molecule is CCCOc1cc(OC(F)F)cc([C](C)C)c1. The molecule has 0 saturated carbocycles. The predicted octanol–water partition coefficient (Wildman–Crippen LogP) is 4.04. The topological polar surface area (TPSA) is 18.5 Å². The maximum atomic E-state index is 12.2. The Bertz CT molecular complexity index is 351. The van der Waals surface area contributed by atoms with Crippen molar-refractivity contribution in [1.29, 1.82) is 0 Å². The van der Waals surface area contributed by atoms with Gasteiger partial charge in [-0.2, -0.15) is 8.78 Å². The van der Waals surface area contributed by atoms with Crippen molar-refractivity contribution in [3.8, 4) is 11.5 Å². The third-order valence-electron chi connectivity index (χ3n) is 2.16. The predicted molar refractivity (Wildman–Crippen MR) is 62.6 cm³/mol. The van der Waals surface area contributed by atoms with Crippen LogP contribution >= 0.6 is 0 Å². The Hall–Kier alpha value is -1.32. The van der Waals surface area contributed by atoms with Gasteiger partial charge in [-0.15, -0.1) is 0 Å². The van der Waals surface area contributed by atoms with E-state index in [1.54, 1.807) is 6.07 Å². The van der Waals surface area contributed by atoms with E-state index >= 15 is 0 Å². The second-order valence-electron chi connectivity index (χ2n) is 3.92. The van der Waals surface area contributed by atoms with Crippen LogP contribution in [0.15, 0.2) is 18.2 Å². The summed E-state index contributed by atoms with van der Waals surface area (Å²) in [7, 11) is 0. The summed E-state index contributed by atoms with van der Waals surface area (Å²) in [6.45, 7) is 3.54. The van der Waals surface area contributed by atoms with Crippen LogP contribution in [0, 0.1) is 5.92 Å². The van der Waals surface area contributed by atoms with Gasteiger partial charge in [0.1, 0.15) is 11.5 Å². The summed E-state index contributed by atoms with van der Waals surface area (Å²) in [6.07, 6.45) is 0.865. The summed E-state index contributed by atoms with van der Waals surface area (Å²) < 4.78 is 34.2. The molecule has 0 spiro atoms. The van der Waals surface area contributed by atoms with Gasteiger partial charge in [-0.05, 0) is 30.0 Å². The molecule has 1 aromatic carbocycles. The van der Waals surface area contributed by atoms with Gasteiger partial charge in [0, 0.05) is 6.07 Å². The summed E-state index contributed by atoms with van der Waals surface area (Å²) in [5.41, 5.74) is 0.842. The first-order valence-corrected chi connectivity index (χ1v) is 5.56. The van der Waals surface area contributed by atoms with Crippen LogP contribution in [0.3, 0.4) is 0 Å². The van der Waals surface area contributed by atoms with E-state index in [2.05, 4.69) is 4.74 Å². The molecule has 0 unspecified atom stereocenters. The minimum absolute atomic E-state index is 0.129. The van der Waals surface area contributed by atoms with E-state index in [0.717, 1.165) is 17.9 Å². The van der Waals surface area contributed by atoms with Crippen LogP contribution in [0.25, 0.3) is 0 Å². The lowest BCUT2D eigenvalue weighted by Gasteiger charge is -2.13. The normalized spacial score (nSPS) is 11.0. The van der Waals surface area contributed by atoms with Crippen molar-refractivity contribution in [3.63, 3.8) is 0 Å². The molecule has 0 amide bonds. The number of rotatable bonds is 6. The Labute approximate surface area is 101 Å². The summed E-state index contributed by atoms with van der Waals surface area (Å²) in [5.74, 6) is 1.71. The van der Waals surface area contributed by atoms with Crippen molar-refractivity contribution < 1.29 is 18.3 Å². The molecule has 0 saturated heterocycles. The van der Waals surface area contributed by atoms with Gasteiger partial charge in [0.25, 0.3) is 0 Å². The van der Waals surface area contributed by atoms with Gasteiger partial charge in [-0.25, -0.2) is 0 Å². The number of ether oxygens (including phenoxy) is 2. The summed E-state index contributed by atoms with van der Waals surface area (Å²) in [6, 6.07) is 4.89. The fourth-order valence-electron chi connectivity index (χ4n) is 1.33. The van der Waals surface area contributed by atoms with Crippen molar-refractivity contribution in [2.45, 2.75) is 33.8 Å². The van der Waals surface area contributed by atoms with Gasteiger partial charge in [0.15, 0.2) is 0 Å². The Balaban J connectivity index is 2.92. The Kier molecular flexibility index (Phi) is 5.19. The highest BCUT2D eigenvalue weighted by Crippen LogP contribution is 2.28. The summed E-state index contributed by atoms with van der Waals surface area (Å²) in [5, 5.41) is 0. The minimum atomic E-state index is -2.82. The summed E-state index contributed by atoms with van der Waals surface area (Å²) >= 11 is 0. The molecule has 0 heterocycles. The van der Waals surface area contributed by atoms with Crippen molar-refractivity contribution in [2.75, 3.05) is 6.61 Å². The maximum absolute atomic E-state index is 12.2. The van der Waals surface area contributed by atoms with Crippen molar-refractivity contribution in [2.24, 2.45) is 0 Å². The molecule has 0 bridgehead atoms. The van der Waals surface area contributed by atoms with E-state index < -0.39 is 6.61 Å². The highest BCUT2D eigenvalue weighted by Gasteiger charge is 2.10. The molecular weight excluding hydrogens is 226 g/mol. The Morgan fingerprint density at radius 1 is 1.18 bits per heavy atom. The monoisotopic (exact) mass is 243 g/mol. The second-order valence-corrected chi connectivity index (χ2v) is 3.92. The lowest BCUT2D eigenvalue weighted by molar-refractivity contribution is -0.0499. The zero-order chi connectivity index (χ0) is 12.8. The fourth-order valence-corrected chi connectivity index (χ4v) is 1.33. The molecule has 95 valence electrons. The molecule has 0 N–H and O–H groups in total. The van der Waals surface area contributed by atoms with Gasteiger partial charge in [0.2, 0.25) is 0 Å². The quantitative estimate of drug-likeness (QED) is 0.750. The van der Waals surface area contributed by atoms with Crippen LogP contribution in [0.4, 0.5) is 8.78 Å². The molecule has 17 heavy (non-hydrogen) atoms. The van der Waals surface area contributed by atoms with E-state index in [1.807, 2.05) is 26.8 Å². The average Bonchev–Trinajstić information content (AvgIpc) is 2.25. The van der Waals surface area contributed by atoms with Crippen LogP contribution in [-0.4, -0.2) is 13.2 Å². The van der Waals surface area contributed by atoms with Crippen LogP contribution in [0.1, 0.15) is 32.8 Å². The molecule has 0 aromatic heterocycles. The summed E-state index contributed by atoms with van der Waals surface area (Å²) in [4.78, 5) is 0. The third-order valence-corrected chi connectivity index (χ3v) is 2.16. The molecule has 1 rings (SSSR count). The molecule has 1 radical (unpaired) electrons. The lowest BCUT2D eigenvalue weighted by atomic mass is 10.0. The van der Waals surface area contributed by atoms with E-state index in [4.69, 9.17) is 4.74 Å².